The number of fused-ring (bicyclic) bond motifs is 2. The first-order valence-electron chi connectivity index (χ1n) is 11.1. The Kier molecular flexibility index (Phi) is 4.95. The van der Waals surface area contributed by atoms with Crippen molar-refractivity contribution in [2.24, 2.45) is 12.8 Å². The number of benzene rings is 2. The minimum Gasteiger partial charge on any atom is -0.338 e. The number of nitriles is 1. The number of para-hydroxylation sites is 1. The predicted octanol–water partition coefficient (Wildman–Crippen LogP) is 3.65. The number of nitrogens with two attached hydrogens (primary N) is 1. The smallest absolute Gasteiger partial charge is 0.254 e. The van der Waals surface area contributed by atoms with Gasteiger partial charge in [0.05, 0.1) is 22.3 Å². The average molecular weight is 427 g/mol. The number of aryl methyl sites for hydroxylation is 2. The third-order valence-corrected chi connectivity index (χ3v) is 6.44. The number of piperidine rings is 1. The maximum Gasteiger partial charge on any atom is 0.254 e. The van der Waals surface area contributed by atoms with Crippen molar-refractivity contribution in [3.63, 3.8) is 0 Å². The fraction of sp³-hybridized carbons (Fsp3) is 0.320. The monoisotopic (exact) mass is 426 g/mol. The molecular weight excluding hydrogens is 400 g/mol. The van der Waals surface area contributed by atoms with E-state index in [1.54, 1.807) is 17.0 Å². The molecule has 0 bridgehead atoms. The average Bonchev–Trinajstić information content (AvgIpc) is 3.35. The molecule has 2 aromatic carbocycles. The van der Waals surface area contributed by atoms with Crippen molar-refractivity contribution in [3.8, 4) is 17.6 Å². The highest BCUT2D eigenvalue weighted by Gasteiger charge is 2.25. The van der Waals surface area contributed by atoms with Gasteiger partial charge in [-0.3, -0.25) is 4.79 Å². The quantitative estimate of drug-likeness (QED) is 0.541. The van der Waals surface area contributed by atoms with E-state index in [1.165, 1.54) is 0 Å². The maximum atomic E-state index is 13.2. The summed E-state index contributed by atoms with van der Waals surface area (Å²) in [6, 6.07) is 16.2. The van der Waals surface area contributed by atoms with Crippen molar-refractivity contribution in [3.05, 3.63) is 53.6 Å². The number of amides is 1. The summed E-state index contributed by atoms with van der Waals surface area (Å²) in [5, 5.41) is 11.0. The molecule has 7 nitrogen and oxygen atoms in total. The summed E-state index contributed by atoms with van der Waals surface area (Å²) in [6.45, 7) is 4.15. The molecule has 5 rings (SSSR count). The SMILES string of the molecule is CCn1c(-c2nc3cc(C(=O)N4CCC[C@@H](N)C4)cc(C#N)c3n2C)cc2ccccc21. The first kappa shape index (κ1) is 20.3. The molecule has 4 aromatic rings. The summed E-state index contributed by atoms with van der Waals surface area (Å²) in [4.78, 5) is 19.8. The number of carbonyl (C=O) groups is 1. The van der Waals surface area contributed by atoms with Crippen molar-refractivity contribution < 1.29 is 4.79 Å². The summed E-state index contributed by atoms with van der Waals surface area (Å²) in [6.07, 6.45) is 1.83. The van der Waals surface area contributed by atoms with Gasteiger partial charge < -0.3 is 19.8 Å². The Hall–Kier alpha value is -3.63. The third-order valence-electron chi connectivity index (χ3n) is 6.44. The zero-order valence-corrected chi connectivity index (χ0v) is 18.4. The Morgan fingerprint density at radius 1 is 1.28 bits per heavy atom. The van der Waals surface area contributed by atoms with Crippen LogP contribution in [0.4, 0.5) is 0 Å². The lowest BCUT2D eigenvalue weighted by molar-refractivity contribution is 0.0709. The molecular formula is C25H26N6O. The van der Waals surface area contributed by atoms with Crippen LogP contribution in [0.3, 0.4) is 0 Å². The van der Waals surface area contributed by atoms with Crippen LogP contribution in [0.5, 0.6) is 0 Å². The van der Waals surface area contributed by atoms with Crippen LogP contribution in [-0.2, 0) is 13.6 Å². The highest BCUT2D eigenvalue weighted by atomic mass is 16.2. The van der Waals surface area contributed by atoms with Crippen molar-refractivity contribution in [1.82, 2.24) is 19.0 Å². The van der Waals surface area contributed by atoms with E-state index in [0.29, 0.717) is 29.7 Å². The van der Waals surface area contributed by atoms with Gasteiger partial charge in [-0.1, -0.05) is 18.2 Å². The predicted molar refractivity (Wildman–Crippen MR) is 125 cm³/mol. The van der Waals surface area contributed by atoms with Crippen molar-refractivity contribution in [2.45, 2.75) is 32.4 Å². The van der Waals surface area contributed by atoms with E-state index in [9.17, 15) is 10.1 Å². The van der Waals surface area contributed by atoms with Crippen molar-refractivity contribution in [1.29, 1.82) is 5.26 Å². The van der Waals surface area contributed by atoms with Crippen LogP contribution in [0, 0.1) is 11.3 Å². The van der Waals surface area contributed by atoms with Crippen molar-refractivity contribution in [2.75, 3.05) is 13.1 Å². The molecule has 0 saturated carbocycles. The van der Waals surface area contributed by atoms with Gasteiger partial charge in [-0.2, -0.15) is 5.26 Å². The van der Waals surface area contributed by atoms with E-state index in [2.05, 4.69) is 35.8 Å². The molecule has 1 atom stereocenters. The van der Waals surface area contributed by atoms with Crippen LogP contribution >= 0.6 is 0 Å². The molecule has 2 aromatic heterocycles. The maximum absolute atomic E-state index is 13.2. The Bertz CT molecular complexity index is 1390. The first-order valence-corrected chi connectivity index (χ1v) is 11.1. The van der Waals surface area contributed by atoms with Gasteiger partial charge >= 0.3 is 0 Å². The van der Waals surface area contributed by atoms with E-state index >= 15 is 0 Å². The van der Waals surface area contributed by atoms with Gasteiger partial charge in [0.1, 0.15) is 6.07 Å². The molecule has 2 N–H and O–H groups in total. The van der Waals surface area contributed by atoms with Gasteiger partial charge in [-0.15, -0.1) is 0 Å². The second-order valence-electron chi connectivity index (χ2n) is 8.48. The lowest BCUT2D eigenvalue weighted by atomic mass is 10.0. The van der Waals surface area contributed by atoms with Crippen LogP contribution in [0.25, 0.3) is 33.5 Å². The highest BCUT2D eigenvalue weighted by molar-refractivity contribution is 6.00. The molecule has 0 spiro atoms. The summed E-state index contributed by atoms with van der Waals surface area (Å²) in [7, 11) is 1.92. The van der Waals surface area contributed by atoms with E-state index in [0.717, 1.165) is 47.3 Å². The fourth-order valence-corrected chi connectivity index (χ4v) is 4.90. The van der Waals surface area contributed by atoms with Gasteiger partial charge in [0.2, 0.25) is 0 Å². The number of hydrogen-bond donors (Lipinski definition) is 1. The van der Waals surface area contributed by atoms with Crippen LogP contribution < -0.4 is 5.73 Å². The van der Waals surface area contributed by atoms with Crippen molar-refractivity contribution >= 4 is 27.8 Å². The second-order valence-corrected chi connectivity index (χ2v) is 8.48. The minimum absolute atomic E-state index is 0.00397. The van der Waals surface area contributed by atoms with Gasteiger partial charge in [0.15, 0.2) is 5.82 Å². The molecule has 1 aliphatic heterocycles. The van der Waals surface area contributed by atoms with Crippen LogP contribution in [-0.4, -0.2) is 44.1 Å². The number of likely N-dealkylation sites (tertiary alicyclic amines) is 1. The molecule has 7 heteroatoms. The number of rotatable bonds is 3. The molecule has 3 heterocycles. The standard InChI is InChI=1S/C25H26N6O/c1-3-31-21-9-5-4-7-16(21)13-22(31)24-28-20-12-17(11-18(14-26)23(20)29(24)2)25(32)30-10-6-8-19(27)15-30/h4-5,7,9,11-13,19H,3,6,8,10,15,27H2,1-2H3/t19-/m1/s1. The van der Waals surface area contributed by atoms with Crippen LogP contribution in [0.1, 0.15) is 35.7 Å². The third kappa shape index (κ3) is 3.15. The van der Waals surface area contributed by atoms with Crippen LogP contribution in [0.15, 0.2) is 42.5 Å². The zero-order valence-electron chi connectivity index (χ0n) is 18.4. The fourth-order valence-electron chi connectivity index (χ4n) is 4.90. The Morgan fingerprint density at radius 3 is 2.84 bits per heavy atom. The molecule has 1 saturated heterocycles. The largest absolute Gasteiger partial charge is 0.338 e. The minimum atomic E-state index is -0.0894. The van der Waals surface area contributed by atoms with Gasteiger partial charge in [-0.25, -0.2) is 4.98 Å². The van der Waals surface area contributed by atoms with E-state index in [-0.39, 0.29) is 11.9 Å². The van der Waals surface area contributed by atoms with Gasteiger partial charge in [0, 0.05) is 49.2 Å². The first-order chi connectivity index (χ1) is 15.5. The molecule has 0 radical (unpaired) electrons. The van der Waals surface area contributed by atoms with E-state index in [4.69, 9.17) is 10.7 Å². The molecule has 0 unspecified atom stereocenters. The zero-order chi connectivity index (χ0) is 22.4. The molecule has 0 aliphatic carbocycles. The Labute approximate surface area is 186 Å². The normalized spacial score (nSPS) is 16.6. The number of aromatic nitrogens is 3. The Balaban J connectivity index is 1.66. The van der Waals surface area contributed by atoms with E-state index in [1.807, 2.05) is 23.7 Å². The van der Waals surface area contributed by atoms with Crippen LogP contribution in [0.2, 0.25) is 0 Å². The molecule has 1 fully saturated rings. The molecule has 1 aliphatic rings. The number of nitrogens with zero attached hydrogens (tertiary/aromatic N) is 5. The topological polar surface area (TPSA) is 92.9 Å². The molecule has 1 amide bonds. The van der Waals surface area contributed by atoms with Gasteiger partial charge in [0.25, 0.3) is 5.91 Å². The number of hydrogen-bond acceptors (Lipinski definition) is 4. The summed E-state index contributed by atoms with van der Waals surface area (Å²) < 4.78 is 4.18. The lowest BCUT2D eigenvalue weighted by Crippen LogP contribution is -2.45. The number of carbonyl (C=O) groups excluding carboxylic acids is 1. The van der Waals surface area contributed by atoms with E-state index < -0.39 is 0 Å². The molecule has 162 valence electrons. The highest BCUT2D eigenvalue weighted by Crippen LogP contribution is 2.31. The summed E-state index contributed by atoms with van der Waals surface area (Å²) in [5.74, 6) is 0.688. The lowest BCUT2D eigenvalue weighted by Gasteiger charge is -2.30. The second kappa shape index (κ2) is 7.81. The molecule has 32 heavy (non-hydrogen) atoms. The van der Waals surface area contributed by atoms with Gasteiger partial charge in [-0.05, 0) is 44.0 Å². The Morgan fingerprint density at radius 2 is 2.09 bits per heavy atom. The number of imidazole rings is 1. The summed E-state index contributed by atoms with van der Waals surface area (Å²) >= 11 is 0. The summed E-state index contributed by atoms with van der Waals surface area (Å²) in [5.41, 5.74) is 10.5.